The first-order valence-electron chi connectivity index (χ1n) is 7.37. The molecule has 0 aliphatic rings. The van der Waals surface area contributed by atoms with Gasteiger partial charge < -0.3 is 10.1 Å². The third kappa shape index (κ3) is 3.22. The van der Waals surface area contributed by atoms with E-state index in [9.17, 15) is 4.91 Å². The van der Waals surface area contributed by atoms with Gasteiger partial charge in [0.1, 0.15) is 17.8 Å². The summed E-state index contributed by atoms with van der Waals surface area (Å²) in [6.45, 7) is 2.00. The van der Waals surface area contributed by atoms with E-state index in [0.717, 1.165) is 16.8 Å². The molecule has 0 bridgehead atoms. The van der Waals surface area contributed by atoms with Gasteiger partial charge in [-0.05, 0) is 24.2 Å². The number of rotatable bonds is 5. The summed E-state index contributed by atoms with van der Waals surface area (Å²) in [5.41, 5.74) is 3.34. The Morgan fingerprint density at radius 3 is 2.58 bits per heavy atom. The van der Waals surface area contributed by atoms with Gasteiger partial charge in [-0.3, -0.25) is 0 Å². The predicted octanol–water partition coefficient (Wildman–Crippen LogP) is 4.60. The van der Waals surface area contributed by atoms with Crippen LogP contribution in [0.15, 0.2) is 60.0 Å². The molecule has 0 amide bonds. The Labute approximate surface area is 139 Å². The van der Waals surface area contributed by atoms with Gasteiger partial charge >= 0.3 is 0 Å². The van der Waals surface area contributed by atoms with Crippen molar-refractivity contribution in [3.05, 3.63) is 65.3 Å². The lowest BCUT2D eigenvalue weighted by molar-refractivity contribution is 0.415. The molecule has 0 atom stereocenters. The van der Waals surface area contributed by atoms with Gasteiger partial charge in [0.15, 0.2) is 11.5 Å². The molecular formula is C18H16N4O2. The average Bonchev–Trinajstić information content (AvgIpc) is 2.62. The van der Waals surface area contributed by atoms with Crippen molar-refractivity contribution >= 4 is 17.2 Å². The second-order valence-electron chi connectivity index (χ2n) is 5.23. The van der Waals surface area contributed by atoms with E-state index in [1.807, 2.05) is 55.5 Å². The zero-order valence-electron chi connectivity index (χ0n) is 13.4. The lowest BCUT2D eigenvalue weighted by Crippen LogP contribution is -1.97. The largest absolute Gasteiger partial charge is 0.497 e. The van der Waals surface area contributed by atoms with Gasteiger partial charge in [-0.15, -0.1) is 4.91 Å². The summed E-state index contributed by atoms with van der Waals surface area (Å²) in [7, 11) is 1.59. The van der Waals surface area contributed by atoms with Gasteiger partial charge in [-0.1, -0.05) is 35.9 Å². The van der Waals surface area contributed by atoms with Crippen molar-refractivity contribution in [1.82, 2.24) is 9.97 Å². The molecule has 6 heteroatoms. The maximum Gasteiger partial charge on any atom is 0.176 e. The van der Waals surface area contributed by atoms with Crippen LogP contribution in [0.1, 0.15) is 5.56 Å². The Hall–Kier alpha value is -3.28. The number of hydrogen-bond donors (Lipinski definition) is 1. The number of aryl methyl sites for hydroxylation is 1. The summed E-state index contributed by atoms with van der Waals surface area (Å²) in [5.74, 6) is 1.05. The van der Waals surface area contributed by atoms with Gasteiger partial charge in [0.05, 0.1) is 7.11 Å². The average molecular weight is 320 g/mol. The molecule has 0 fully saturated rings. The minimum atomic E-state index is 0.171. The minimum absolute atomic E-state index is 0.171. The number of nitrogens with one attached hydrogen (secondary N) is 1. The number of nitrogens with zero attached hydrogens (tertiary/aromatic N) is 3. The van der Waals surface area contributed by atoms with Crippen molar-refractivity contribution in [2.75, 3.05) is 12.4 Å². The SMILES string of the molecule is COc1cccc(Nc2ncnc(-c3ccc(C)cc3)c2N=O)c1. The van der Waals surface area contributed by atoms with E-state index in [1.54, 1.807) is 7.11 Å². The van der Waals surface area contributed by atoms with Gasteiger partial charge in [-0.25, -0.2) is 9.97 Å². The van der Waals surface area contributed by atoms with Gasteiger partial charge in [-0.2, -0.15) is 0 Å². The van der Waals surface area contributed by atoms with Crippen LogP contribution in [0.25, 0.3) is 11.3 Å². The van der Waals surface area contributed by atoms with Crippen LogP contribution >= 0.6 is 0 Å². The Morgan fingerprint density at radius 2 is 1.88 bits per heavy atom. The third-order valence-corrected chi connectivity index (χ3v) is 3.57. The van der Waals surface area contributed by atoms with Crippen molar-refractivity contribution in [3.63, 3.8) is 0 Å². The molecule has 0 saturated heterocycles. The highest BCUT2D eigenvalue weighted by Crippen LogP contribution is 2.35. The van der Waals surface area contributed by atoms with E-state index in [2.05, 4.69) is 20.5 Å². The maximum atomic E-state index is 11.4. The van der Waals surface area contributed by atoms with Crippen LogP contribution in [0.4, 0.5) is 17.2 Å². The summed E-state index contributed by atoms with van der Waals surface area (Å²) >= 11 is 0. The normalized spacial score (nSPS) is 10.2. The van der Waals surface area contributed by atoms with E-state index in [4.69, 9.17) is 4.74 Å². The van der Waals surface area contributed by atoms with Crippen molar-refractivity contribution in [1.29, 1.82) is 0 Å². The number of anilines is 2. The van der Waals surface area contributed by atoms with E-state index in [1.165, 1.54) is 6.33 Å². The molecule has 0 radical (unpaired) electrons. The zero-order chi connectivity index (χ0) is 16.9. The Balaban J connectivity index is 2.01. The van der Waals surface area contributed by atoms with Crippen LogP contribution in [-0.4, -0.2) is 17.1 Å². The van der Waals surface area contributed by atoms with Crippen LogP contribution in [0, 0.1) is 11.8 Å². The first-order chi connectivity index (χ1) is 11.7. The lowest BCUT2D eigenvalue weighted by Gasteiger charge is -2.10. The first-order valence-corrected chi connectivity index (χ1v) is 7.37. The molecule has 6 nitrogen and oxygen atoms in total. The quantitative estimate of drug-likeness (QED) is 0.695. The Kier molecular flexibility index (Phi) is 4.47. The molecule has 0 saturated carbocycles. The van der Waals surface area contributed by atoms with E-state index >= 15 is 0 Å². The smallest absolute Gasteiger partial charge is 0.176 e. The Bertz CT molecular complexity index is 863. The fraction of sp³-hybridized carbons (Fsp3) is 0.111. The second kappa shape index (κ2) is 6.87. The molecule has 3 aromatic rings. The standard InChI is InChI=1S/C18H16N4O2/c1-12-6-8-13(9-7-12)16-17(22-23)18(20-11-19-16)21-14-4-3-5-15(10-14)24-2/h3-11H,1-2H3,(H,19,20,21). The molecule has 3 rings (SSSR count). The van der Waals surface area contributed by atoms with Crippen molar-refractivity contribution in [3.8, 4) is 17.0 Å². The third-order valence-electron chi connectivity index (χ3n) is 3.57. The molecule has 2 aromatic carbocycles. The summed E-state index contributed by atoms with van der Waals surface area (Å²) in [6, 6.07) is 15.1. The van der Waals surface area contributed by atoms with Crippen LogP contribution in [0.2, 0.25) is 0 Å². The van der Waals surface area contributed by atoms with Crippen LogP contribution in [-0.2, 0) is 0 Å². The highest BCUT2D eigenvalue weighted by Gasteiger charge is 2.14. The molecule has 1 N–H and O–H groups in total. The van der Waals surface area contributed by atoms with Crippen molar-refractivity contribution in [2.24, 2.45) is 5.18 Å². The van der Waals surface area contributed by atoms with E-state index < -0.39 is 0 Å². The molecule has 1 aromatic heterocycles. The van der Waals surface area contributed by atoms with Gasteiger partial charge in [0, 0.05) is 17.3 Å². The first kappa shape index (κ1) is 15.6. The van der Waals surface area contributed by atoms with Crippen LogP contribution < -0.4 is 10.1 Å². The van der Waals surface area contributed by atoms with Crippen molar-refractivity contribution < 1.29 is 4.74 Å². The summed E-state index contributed by atoms with van der Waals surface area (Å²) < 4.78 is 5.20. The predicted molar refractivity (Wildman–Crippen MR) is 93.9 cm³/mol. The summed E-state index contributed by atoms with van der Waals surface area (Å²) in [4.78, 5) is 19.8. The van der Waals surface area contributed by atoms with Crippen LogP contribution in [0.3, 0.4) is 0 Å². The highest BCUT2D eigenvalue weighted by molar-refractivity contribution is 5.81. The molecule has 0 spiro atoms. The van der Waals surface area contributed by atoms with Gasteiger partial charge in [0.25, 0.3) is 0 Å². The summed E-state index contributed by atoms with van der Waals surface area (Å²) in [6.07, 6.45) is 1.41. The maximum absolute atomic E-state index is 11.4. The number of hydrogen-bond acceptors (Lipinski definition) is 6. The fourth-order valence-corrected chi connectivity index (χ4v) is 2.32. The number of aromatic nitrogens is 2. The van der Waals surface area contributed by atoms with E-state index in [-0.39, 0.29) is 5.69 Å². The van der Waals surface area contributed by atoms with Gasteiger partial charge in [0.2, 0.25) is 0 Å². The number of benzene rings is 2. The minimum Gasteiger partial charge on any atom is -0.497 e. The highest BCUT2D eigenvalue weighted by atomic mass is 16.5. The zero-order valence-corrected chi connectivity index (χ0v) is 13.4. The van der Waals surface area contributed by atoms with Crippen LogP contribution in [0.5, 0.6) is 5.75 Å². The number of nitroso groups, excluding NO2 is 1. The molecular weight excluding hydrogens is 304 g/mol. The monoisotopic (exact) mass is 320 g/mol. The molecule has 1 heterocycles. The Morgan fingerprint density at radius 1 is 1.08 bits per heavy atom. The molecule has 120 valence electrons. The number of methoxy groups -OCH3 is 1. The molecule has 0 aliphatic heterocycles. The second-order valence-corrected chi connectivity index (χ2v) is 5.23. The topological polar surface area (TPSA) is 76.5 Å². The number of ether oxygens (including phenoxy) is 1. The molecule has 0 aliphatic carbocycles. The molecule has 24 heavy (non-hydrogen) atoms. The lowest BCUT2D eigenvalue weighted by atomic mass is 10.1. The summed E-state index contributed by atoms with van der Waals surface area (Å²) in [5, 5.41) is 6.23. The van der Waals surface area contributed by atoms with Crippen molar-refractivity contribution in [2.45, 2.75) is 6.92 Å². The fourth-order valence-electron chi connectivity index (χ4n) is 2.32. The molecule has 0 unspecified atom stereocenters. The van der Waals surface area contributed by atoms with E-state index in [0.29, 0.717) is 17.3 Å².